The normalized spacial score (nSPS) is 17.8. The van der Waals surface area contributed by atoms with E-state index in [2.05, 4.69) is 11.8 Å². The van der Waals surface area contributed by atoms with Gasteiger partial charge in [0.15, 0.2) is 0 Å². The molecular formula is C8H12Cu. The van der Waals surface area contributed by atoms with Gasteiger partial charge in [-0.15, -0.1) is 11.8 Å². The Hall–Kier alpha value is 0.0795. The minimum Gasteiger partial charge on any atom is -0.103 e. The van der Waals surface area contributed by atoms with Crippen LogP contribution in [0.4, 0.5) is 0 Å². The fourth-order valence-electron chi connectivity index (χ4n) is 0.957. The van der Waals surface area contributed by atoms with Gasteiger partial charge in [0.1, 0.15) is 0 Å². The largest absolute Gasteiger partial charge is 0.103 e. The van der Waals surface area contributed by atoms with Crippen molar-refractivity contribution in [2.75, 3.05) is 0 Å². The number of hydrogen-bond donors (Lipinski definition) is 0. The molecule has 1 aliphatic carbocycles. The SMILES string of the molecule is C1#CCCCCCC1.[Cu]. The molecule has 0 unspecified atom stereocenters. The molecule has 1 aliphatic rings. The van der Waals surface area contributed by atoms with Crippen LogP contribution in [0, 0.1) is 11.8 Å². The maximum absolute atomic E-state index is 3.14. The Morgan fingerprint density at radius 3 is 1.56 bits per heavy atom. The van der Waals surface area contributed by atoms with E-state index in [1.807, 2.05) is 0 Å². The van der Waals surface area contributed by atoms with Gasteiger partial charge in [-0.3, -0.25) is 0 Å². The van der Waals surface area contributed by atoms with Gasteiger partial charge in [0.25, 0.3) is 0 Å². The minimum atomic E-state index is 0. The molecule has 1 heteroatoms. The average Bonchev–Trinajstić information content (AvgIpc) is 1.62. The van der Waals surface area contributed by atoms with Crippen LogP contribution >= 0.6 is 0 Å². The molecule has 0 spiro atoms. The van der Waals surface area contributed by atoms with E-state index in [-0.39, 0.29) is 17.1 Å². The first-order valence-electron chi connectivity index (χ1n) is 3.46. The van der Waals surface area contributed by atoms with Crippen LogP contribution in [0.2, 0.25) is 0 Å². The average molecular weight is 172 g/mol. The van der Waals surface area contributed by atoms with Crippen LogP contribution in [0.25, 0.3) is 0 Å². The minimum absolute atomic E-state index is 0. The first kappa shape index (κ1) is 9.08. The Bertz CT molecular complexity index is 95.5. The van der Waals surface area contributed by atoms with Crippen LogP contribution in [0.5, 0.6) is 0 Å². The summed E-state index contributed by atoms with van der Waals surface area (Å²) in [6.07, 6.45) is 7.73. The van der Waals surface area contributed by atoms with Gasteiger partial charge in [-0.05, 0) is 12.8 Å². The second kappa shape index (κ2) is 6.20. The van der Waals surface area contributed by atoms with E-state index < -0.39 is 0 Å². The second-order valence-corrected chi connectivity index (χ2v) is 2.27. The molecule has 0 aliphatic heterocycles. The molecule has 0 aromatic heterocycles. The third-order valence-corrected chi connectivity index (χ3v) is 1.48. The summed E-state index contributed by atoms with van der Waals surface area (Å²) in [4.78, 5) is 0. The zero-order valence-electron chi connectivity index (χ0n) is 5.54. The number of rotatable bonds is 0. The molecule has 0 amide bonds. The smallest absolute Gasteiger partial charge is 0.00886 e. The van der Waals surface area contributed by atoms with Gasteiger partial charge in [0, 0.05) is 29.9 Å². The van der Waals surface area contributed by atoms with Gasteiger partial charge in [0.2, 0.25) is 0 Å². The summed E-state index contributed by atoms with van der Waals surface area (Å²) in [5.41, 5.74) is 0. The molecule has 0 aromatic carbocycles. The Balaban J connectivity index is 0.000000640. The Labute approximate surface area is 67.9 Å². The summed E-state index contributed by atoms with van der Waals surface area (Å²) < 4.78 is 0. The third-order valence-electron chi connectivity index (χ3n) is 1.48. The predicted octanol–water partition coefficient (Wildman–Crippen LogP) is 2.34. The van der Waals surface area contributed by atoms with Gasteiger partial charge < -0.3 is 0 Å². The molecule has 0 fully saturated rings. The molecule has 55 valence electrons. The van der Waals surface area contributed by atoms with E-state index in [9.17, 15) is 0 Å². The standard InChI is InChI=1S/C8H12.Cu/c1-2-4-6-8-7-5-3-1;/h1-6H2;. The van der Waals surface area contributed by atoms with Gasteiger partial charge in [-0.1, -0.05) is 12.8 Å². The zero-order chi connectivity index (χ0) is 5.66. The molecule has 0 heterocycles. The van der Waals surface area contributed by atoms with E-state index in [4.69, 9.17) is 0 Å². The number of hydrogen-bond acceptors (Lipinski definition) is 0. The molecule has 0 aromatic rings. The topological polar surface area (TPSA) is 0 Å². The zero-order valence-corrected chi connectivity index (χ0v) is 6.49. The summed E-state index contributed by atoms with van der Waals surface area (Å²) in [5, 5.41) is 0. The van der Waals surface area contributed by atoms with Crippen LogP contribution in [0.15, 0.2) is 0 Å². The van der Waals surface area contributed by atoms with E-state index in [1.54, 1.807) is 0 Å². The molecular weight excluding hydrogens is 160 g/mol. The predicted molar refractivity (Wildman–Crippen MR) is 35.5 cm³/mol. The maximum atomic E-state index is 3.14. The van der Waals surface area contributed by atoms with Crippen LogP contribution in [-0.2, 0) is 17.1 Å². The van der Waals surface area contributed by atoms with Crippen molar-refractivity contribution in [1.82, 2.24) is 0 Å². The molecule has 0 saturated heterocycles. The Morgan fingerprint density at radius 1 is 0.667 bits per heavy atom. The monoisotopic (exact) mass is 171 g/mol. The van der Waals surface area contributed by atoms with Crippen molar-refractivity contribution >= 4 is 0 Å². The fourth-order valence-corrected chi connectivity index (χ4v) is 0.957. The van der Waals surface area contributed by atoms with E-state index in [0.717, 1.165) is 12.8 Å². The molecule has 9 heavy (non-hydrogen) atoms. The Morgan fingerprint density at radius 2 is 1.11 bits per heavy atom. The summed E-state index contributed by atoms with van der Waals surface area (Å²) in [5.74, 6) is 6.27. The van der Waals surface area contributed by atoms with Crippen molar-refractivity contribution in [3.63, 3.8) is 0 Å². The van der Waals surface area contributed by atoms with Crippen LogP contribution in [-0.4, -0.2) is 0 Å². The van der Waals surface area contributed by atoms with Crippen molar-refractivity contribution in [1.29, 1.82) is 0 Å². The van der Waals surface area contributed by atoms with Crippen LogP contribution < -0.4 is 0 Å². The van der Waals surface area contributed by atoms with E-state index in [1.165, 1.54) is 25.7 Å². The first-order valence-corrected chi connectivity index (χ1v) is 3.46. The summed E-state index contributed by atoms with van der Waals surface area (Å²) in [6, 6.07) is 0. The van der Waals surface area contributed by atoms with Crippen molar-refractivity contribution in [3.05, 3.63) is 0 Å². The van der Waals surface area contributed by atoms with Gasteiger partial charge >= 0.3 is 0 Å². The Kier molecular flexibility index (Phi) is 6.26. The molecule has 1 rings (SSSR count). The van der Waals surface area contributed by atoms with Crippen LogP contribution in [0.3, 0.4) is 0 Å². The van der Waals surface area contributed by atoms with Crippen molar-refractivity contribution in [2.45, 2.75) is 38.5 Å². The maximum Gasteiger partial charge on any atom is 0.00886 e. The first-order chi connectivity index (χ1) is 4.00. The molecule has 0 nitrogen and oxygen atoms in total. The molecule has 0 atom stereocenters. The summed E-state index contributed by atoms with van der Waals surface area (Å²) in [6.45, 7) is 0. The third kappa shape index (κ3) is 4.57. The molecule has 0 bridgehead atoms. The van der Waals surface area contributed by atoms with Gasteiger partial charge in [-0.25, -0.2) is 0 Å². The van der Waals surface area contributed by atoms with Gasteiger partial charge in [0.05, 0.1) is 0 Å². The molecule has 1 radical (unpaired) electrons. The van der Waals surface area contributed by atoms with Crippen LogP contribution in [0.1, 0.15) is 38.5 Å². The van der Waals surface area contributed by atoms with E-state index in [0.29, 0.717) is 0 Å². The summed E-state index contributed by atoms with van der Waals surface area (Å²) >= 11 is 0. The molecule has 0 N–H and O–H groups in total. The van der Waals surface area contributed by atoms with Gasteiger partial charge in [-0.2, -0.15) is 0 Å². The fraction of sp³-hybridized carbons (Fsp3) is 0.750. The quantitative estimate of drug-likeness (QED) is 0.388. The van der Waals surface area contributed by atoms with Crippen molar-refractivity contribution in [3.8, 4) is 11.8 Å². The molecule has 0 saturated carbocycles. The van der Waals surface area contributed by atoms with Crippen molar-refractivity contribution < 1.29 is 17.1 Å². The second-order valence-electron chi connectivity index (χ2n) is 2.27. The van der Waals surface area contributed by atoms with E-state index >= 15 is 0 Å². The summed E-state index contributed by atoms with van der Waals surface area (Å²) in [7, 11) is 0. The van der Waals surface area contributed by atoms with Crippen molar-refractivity contribution in [2.24, 2.45) is 0 Å².